The van der Waals surface area contributed by atoms with Gasteiger partial charge < -0.3 is 5.73 Å². The lowest BCUT2D eigenvalue weighted by atomic mass is 9.99. The number of rotatable bonds is 3. The number of pyridine rings is 1. The molecule has 1 heterocycles. The molecule has 0 aliphatic heterocycles. The summed E-state index contributed by atoms with van der Waals surface area (Å²) in [5.41, 5.74) is 8.37. The number of benzene rings is 1. The minimum atomic E-state index is -0.278. The van der Waals surface area contributed by atoms with Gasteiger partial charge in [-0.15, -0.1) is 0 Å². The quantitative estimate of drug-likeness (QED) is 0.923. The van der Waals surface area contributed by atoms with Gasteiger partial charge in [-0.3, -0.25) is 4.98 Å². The lowest BCUT2D eigenvalue weighted by Gasteiger charge is -2.13. The fourth-order valence-electron chi connectivity index (χ4n) is 1.76. The first-order valence-corrected chi connectivity index (χ1v) is 6.05. The van der Waals surface area contributed by atoms with Gasteiger partial charge in [0.2, 0.25) is 0 Å². The van der Waals surface area contributed by atoms with Crippen molar-refractivity contribution in [3.8, 4) is 0 Å². The summed E-state index contributed by atoms with van der Waals surface area (Å²) < 4.78 is 13.5. The molecule has 18 heavy (non-hydrogen) atoms. The van der Waals surface area contributed by atoms with Gasteiger partial charge in [-0.1, -0.05) is 23.7 Å². The highest BCUT2D eigenvalue weighted by Gasteiger charge is 2.11. The van der Waals surface area contributed by atoms with Crippen LogP contribution in [0.5, 0.6) is 0 Å². The van der Waals surface area contributed by atoms with Gasteiger partial charge in [0.15, 0.2) is 0 Å². The Balaban J connectivity index is 2.19. The van der Waals surface area contributed by atoms with Gasteiger partial charge in [0, 0.05) is 18.4 Å². The third-order valence-corrected chi connectivity index (χ3v) is 3.26. The minimum Gasteiger partial charge on any atom is -0.324 e. The van der Waals surface area contributed by atoms with Crippen molar-refractivity contribution in [1.29, 1.82) is 0 Å². The highest BCUT2D eigenvalue weighted by Crippen LogP contribution is 2.22. The minimum absolute atomic E-state index is 0.233. The highest BCUT2D eigenvalue weighted by atomic mass is 35.5. The Kier molecular flexibility index (Phi) is 3.94. The molecule has 2 aromatic rings. The molecule has 1 aromatic heterocycles. The second-order valence-corrected chi connectivity index (χ2v) is 4.69. The topological polar surface area (TPSA) is 38.9 Å². The molecule has 1 unspecified atom stereocenters. The molecule has 4 heteroatoms. The Morgan fingerprint density at radius 2 is 2.17 bits per heavy atom. The van der Waals surface area contributed by atoms with E-state index in [2.05, 4.69) is 4.98 Å². The van der Waals surface area contributed by atoms with E-state index in [0.29, 0.717) is 17.0 Å². The van der Waals surface area contributed by atoms with Crippen LogP contribution in [0.25, 0.3) is 0 Å². The first kappa shape index (κ1) is 13.0. The zero-order chi connectivity index (χ0) is 13.1. The summed E-state index contributed by atoms with van der Waals surface area (Å²) in [6.07, 6.45) is 3.81. The molecular weight excluding hydrogens is 251 g/mol. The fourth-order valence-corrected chi connectivity index (χ4v) is 1.96. The molecule has 0 saturated heterocycles. The first-order chi connectivity index (χ1) is 8.58. The maximum Gasteiger partial charge on any atom is 0.126 e. The molecule has 94 valence electrons. The van der Waals surface area contributed by atoms with Crippen LogP contribution in [0.15, 0.2) is 36.7 Å². The molecule has 0 spiro atoms. The molecule has 0 fully saturated rings. The van der Waals surface area contributed by atoms with Crippen molar-refractivity contribution in [3.63, 3.8) is 0 Å². The smallest absolute Gasteiger partial charge is 0.126 e. The molecule has 1 atom stereocenters. The van der Waals surface area contributed by atoms with Crippen molar-refractivity contribution in [3.05, 3.63) is 64.2 Å². The molecule has 2 rings (SSSR count). The number of nitrogens with two attached hydrogens (primary N) is 1. The fraction of sp³-hybridized carbons (Fsp3) is 0.214. The lowest BCUT2D eigenvalue weighted by Crippen LogP contribution is -2.14. The molecule has 0 aliphatic carbocycles. The van der Waals surface area contributed by atoms with E-state index in [0.717, 1.165) is 11.1 Å². The van der Waals surface area contributed by atoms with E-state index in [1.54, 1.807) is 25.4 Å². The normalized spacial score (nSPS) is 12.4. The Hall–Kier alpha value is -1.45. The Morgan fingerprint density at radius 3 is 2.83 bits per heavy atom. The second-order valence-electron chi connectivity index (χ2n) is 4.29. The van der Waals surface area contributed by atoms with Crippen LogP contribution in [0.3, 0.4) is 0 Å². The number of aryl methyl sites for hydroxylation is 1. The van der Waals surface area contributed by atoms with Crippen LogP contribution in [0, 0.1) is 12.7 Å². The van der Waals surface area contributed by atoms with Crippen LogP contribution in [-0.2, 0) is 6.42 Å². The summed E-state index contributed by atoms with van der Waals surface area (Å²) in [7, 11) is 0. The van der Waals surface area contributed by atoms with Crippen LogP contribution in [0.2, 0.25) is 5.02 Å². The molecule has 2 N–H and O–H groups in total. The van der Waals surface area contributed by atoms with E-state index in [4.69, 9.17) is 17.3 Å². The van der Waals surface area contributed by atoms with Gasteiger partial charge in [0.25, 0.3) is 0 Å². The van der Waals surface area contributed by atoms with Crippen LogP contribution in [0.1, 0.15) is 22.7 Å². The van der Waals surface area contributed by atoms with Crippen molar-refractivity contribution in [2.45, 2.75) is 19.4 Å². The summed E-state index contributed by atoms with van der Waals surface area (Å²) in [4.78, 5) is 3.92. The van der Waals surface area contributed by atoms with Crippen molar-refractivity contribution in [2.75, 3.05) is 0 Å². The highest BCUT2D eigenvalue weighted by molar-refractivity contribution is 6.31. The molecule has 0 radical (unpaired) electrons. The Labute approximate surface area is 111 Å². The molecular formula is C14H14ClFN2. The zero-order valence-corrected chi connectivity index (χ0v) is 10.8. The van der Waals surface area contributed by atoms with Crippen molar-refractivity contribution in [1.82, 2.24) is 4.98 Å². The average molecular weight is 265 g/mol. The van der Waals surface area contributed by atoms with Crippen LogP contribution in [-0.4, -0.2) is 4.98 Å². The van der Waals surface area contributed by atoms with Crippen molar-refractivity contribution < 1.29 is 4.39 Å². The summed E-state index contributed by atoms with van der Waals surface area (Å²) in [6.45, 7) is 1.73. The van der Waals surface area contributed by atoms with Gasteiger partial charge in [-0.25, -0.2) is 4.39 Å². The monoisotopic (exact) mass is 264 g/mol. The third-order valence-electron chi connectivity index (χ3n) is 2.92. The molecule has 1 aromatic carbocycles. The van der Waals surface area contributed by atoms with Crippen LogP contribution in [0.4, 0.5) is 4.39 Å². The van der Waals surface area contributed by atoms with Crippen molar-refractivity contribution >= 4 is 11.6 Å². The predicted octanol–water partition coefficient (Wildman–Crippen LogP) is 3.43. The SMILES string of the molecule is Cc1ccc(C(N)Cc2ccncc2Cl)cc1F. The van der Waals surface area contributed by atoms with E-state index in [1.807, 2.05) is 12.1 Å². The van der Waals surface area contributed by atoms with Gasteiger partial charge in [-0.2, -0.15) is 0 Å². The number of hydrogen-bond donors (Lipinski definition) is 1. The molecule has 0 amide bonds. The molecule has 0 saturated carbocycles. The lowest BCUT2D eigenvalue weighted by molar-refractivity contribution is 0.609. The van der Waals surface area contributed by atoms with Gasteiger partial charge in [0.05, 0.1) is 5.02 Å². The average Bonchev–Trinajstić information content (AvgIpc) is 2.35. The van der Waals surface area contributed by atoms with Gasteiger partial charge >= 0.3 is 0 Å². The molecule has 2 nitrogen and oxygen atoms in total. The van der Waals surface area contributed by atoms with E-state index in [9.17, 15) is 4.39 Å². The van der Waals surface area contributed by atoms with E-state index in [1.165, 1.54) is 6.07 Å². The van der Waals surface area contributed by atoms with E-state index in [-0.39, 0.29) is 11.9 Å². The Morgan fingerprint density at radius 1 is 1.39 bits per heavy atom. The number of halogens is 2. The molecule has 0 bridgehead atoms. The van der Waals surface area contributed by atoms with Gasteiger partial charge in [-0.05, 0) is 42.2 Å². The predicted molar refractivity (Wildman–Crippen MR) is 71.0 cm³/mol. The third kappa shape index (κ3) is 2.86. The first-order valence-electron chi connectivity index (χ1n) is 5.68. The van der Waals surface area contributed by atoms with E-state index >= 15 is 0 Å². The largest absolute Gasteiger partial charge is 0.324 e. The summed E-state index contributed by atoms with van der Waals surface area (Å²) in [6, 6.07) is 6.61. The summed E-state index contributed by atoms with van der Waals surface area (Å²) in [5.74, 6) is -0.233. The summed E-state index contributed by atoms with van der Waals surface area (Å²) >= 11 is 6.02. The Bertz CT molecular complexity index is 557. The van der Waals surface area contributed by atoms with Gasteiger partial charge in [0.1, 0.15) is 5.82 Å². The number of nitrogens with zero attached hydrogens (tertiary/aromatic N) is 1. The molecule has 0 aliphatic rings. The van der Waals surface area contributed by atoms with Crippen LogP contribution >= 0.6 is 11.6 Å². The zero-order valence-electron chi connectivity index (χ0n) is 10.0. The number of hydrogen-bond acceptors (Lipinski definition) is 2. The number of aromatic nitrogens is 1. The second kappa shape index (κ2) is 5.46. The summed E-state index contributed by atoms with van der Waals surface area (Å²) in [5, 5.41) is 0.584. The maximum absolute atomic E-state index is 13.5. The maximum atomic E-state index is 13.5. The van der Waals surface area contributed by atoms with Crippen LogP contribution < -0.4 is 5.73 Å². The van der Waals surface area contributed by atoms with E-state index < -0.39 is 0 Å². The standard InChI is InChI=1S/C14H14ClFN2/c1-9-2-3-11(6-13(9)16)14(17)7-10-4-5-18-8-12(10)15/h2-6,8,14H,7,17H2,1H3. The van der Waals surface area contributed by atoms with Crippen molar-refractivity contribution in [2.24, 2.45) is 5.73 Å².